The van der Waals surface area contributed by atoms with Gasteiger partial charge in [0.1, 0.15) is 18.1 Å². The number of aryl methyl sites for hydroxylation is 1. The second kappa shape index (κ2) is 10.4. The Morgan fingerprint density at radius 1 is 0.886 bits per heavy atom. The van der Waals surface area contributed by atoms with Crippen molar-refractivity contribution in [3.05, 3.63) is 96.1 Å². The van der Waals surface area contributed by atoms with Crippen LogP contribution in [-0.2, 0) is 12.4 Å². The molecule has 5 rings (SSSR count). The number of thioether (sulfide) groups is 1. The molecule has 0 aliphatic rings. The molecule has 0 unspecified atom stereocenters. The third kappa shape index (κ3) is 5.20. The van der Waals surface area contributed by atoms with Crippen molar-refractivity contribution in [2.75, 3.05) is 7.11 Å². The zero-order valence-corrected chi connectivity index (χ0v) is 20.1. The highest BCUT2D eigenvalue weighted by Crippen LogP contribution is 2.27. The number of aromatic nitrogens is 5. The smallest absolute Gasteiger partial charge is 0.237 e. The van der Waals surface area contributed by atoms with E-state index in [1.807, 2.05) is 90.4 Å². The monoisotopic (exact) mass is 485 g/mol. The average molecular weight is 486 g/mol. The van der Waals surface area contributed by atoms with Gasteiger partial charge in [0.15, 0.2) is 11.0 Å². The van der Waals surface area contributed by atoms with Gasteiger partial charge in [0.25, 0.3) is 0 Å². The van der Waals surface area contributed by atoms with Gasteiger partial charge in [-0.15, -0.1) is 10.2 Å². The van der Waals surface area contributed by atoms with Crippen molar-refractivity contribution in [1.29, 1.82) is 0 Å². The van der Waals surface area contributed by atoms with E-state index in [0.717, 1.165) is 28.3 Å². The summed E-state index contributed by atoms with van der Waals surface area (Å²) in [6.45, 7) is 2.28. The predicted octanol–water partition coefficient (Wildman–Crippen LogP) is 5.51. The Bertz CT molecular complexity index is 1400. The maximum atomic E-state index is 5.96. The predicted molar refractivity (Wildman–Crippen MR) is 133 cm³/mol. The first-order valence-corrected chi connectivity index (χ1v) is 12.0. The highest BCUT2D eigenvalue weighted by molar-refractivity contribution is 7.98. The Morgan fingerprint density at radius 3 is 2.40 bits per heavy atom. The number of rotatable bonds is 9. The SMILES string of the molecule is COc1ccc(OCc2nnc(SCc3nc(-c4ccccc4C)no3)n2-c2ccccc2)cc1. The summed E-state index contributed by atoms with van der Waals surface area (Å²) in [6, 6.07) is 25.3. The second-order valence-electron chi connectivity index (χ2n) is 7.65. The van der Waals surface area contributed by atoms with Gasteiger partial charge in [0.2, 0.25) is 11.7 Å². The minimum Gasteiger partial charge on any atom is -0.497 e. The molecule has 0 atom stereocenters. The third-order valence-corrected chi connectivity index (χ3v) is 6.23. The molecule has 0 aliphatic carbocycles. The van der Waals surface area contributed by atoms with Crippen LogP contribution in [0, 0.1) is 6.92 Å². The van der Waals surface area contributed by atoms with E-state index in [1.165, 1.54) is 11.8 Å². The first kappa shape index (κ1) is 22.7. The molecule has 8 nitrogen and oxygen atoms in total. The molecule has 9 heteroatoms. The van der Waals surface area contributed by atoms with Crippen LogP contribution in [0.4, 0.5) is 0 Å². The van der Waals surface area contributed by atoms with Gasteiger partial charge in [-0.05, 0) is 48.9 Å². The van der Waals surface area contributed by atoms with Crippen LogP contribution in [-0.4, -0.2) is 32.0 Å². The van der Waals surface area contributed by atoms with Crippen LogP contribution in [0.2, 0.25) is 0 Å². The number of hydrogen-bond acceptors (Lipinski definition) is 8. The highest BCUT2D eigenvalue weighted by Gasteiger charge is 2.17. The van der Waals surface area contributed by atoms with Crippen molar-refractivity contribution >= 4 is 11.8 Å². The van der Waals surface area contributed by atoms with E-state index in [4.69, 9.17) is 14.0 Å². The van der Waals surface area contributed by atoms with E-state index >= 15 is 0 Å². The van der Waals surface area contributed by atoms with Gasteiger partial charge in [0.05, 0.1) is 12.9 Å². The Kier molecular flexibility index (Phi) is 6.76. The van der Waals surface area contributed by atoms with Gasteiger partial charge < -0.3 is 14.0 Å². The summed E-state index contributed by atoms with van der Waals surface area (Å²) >= 11 is 1.48. The first-order chi connectivity index (χ1) is 17.2. The molecule has 176 valence electrons. The number of hydrogen-bond donors (Lipinski definition) is 0. The summed E-state index contributed by atoms with van der Waals surface area (Å²) in [5, 5.41) is 13.7. The van der Waals surface area contributed by atoms with Crippen molar-refractivity contribution < 1.29 is 14.0 Å². The highest BCUT2D eigenvalue weighted by atomic mass is 32.2. The van der Waals surface area contributed by atoms with E-state index in [9.17, 15) is 0 Å². The summed E-state index contributed by atoms with van der Waals surface area (Å²) < 4.78 is 18.6. The standard InChI is InChI=1S/C26H23N5O3S/c1-18-8-6-7-11-22(18)25-27-24(34-30-25)17-35-26-29-28-23(31(26)19-9-4-3-5-10-19)16-33-21-14-12-20(32-2)13-15-21/h3-15H,16-17H2,1-2H3. The molecule has 0 spiro atoms. The number of benzene rings is 3. The summed E-state index contributed by atoms with van der Waals surface area (Å²) in [7, 11) is 1.63. The Hall–Kier alpha value is -4.11. The van der Waals surface area contributed by atoms with E-state index in [2.05, 4.69) is 20.3 Å². The van der Waals surface area contributed by atoms with Gasteiger partial charge in [-0.2, -0.15) is 4.98 Å². The van der Waals surface area contributed by atoms with E-state index in [1.54, 1.807) is 7.11 Å². The molecule has 3 aromatic carbocycles. The molecule has 0 N–H and O–H groups in total. The van der Waals surface area contributed by atoms with Crippen molar-refractivity contribution in [3.8, 4) is 28.6 Å². The molecule has 0 amide bonds. The fourth-order valence-electron chi connectivity index (χ4n) is 3.52. The average Bonchev–Trinajstić information content (AvgIpc) is 3.54. The Morgan fingerprint density at radius 2 is 1.63 bits per heavy atom. The maximum Gasteiger partial charge on any atom is 0.237 e. The Labute approximate surface area is 206 Å². The van der Waals surface area contributed by atoms with Gasteiger partial charge in [-0.1, -0.05) is 59.4 Å². The fraction of sp³-hybridized carbons (Fsp3) is 0.154. The maximum absolute atomic E-state index is 5.96. The molecular formula is C26H23N5O3S. The van der Waals surface area contributed by atoms with E-state index in [0.29, 0.717) is 28.4 Å². The van der Waals surface area contributed by atoms with Crippen LogP contribution in [0.3, 0.4) is 0 Å². The normalized spacial score (nSPS) is 10.9. The quantitative estimate of drug-likeness (QED) is 0.253. The lowest BCUT2D eigenvalue weighted by atomic mass is 10.1. The van der Waals surface area contributed by atoms with Crippen LogP contribution in [0.25, 0.3) is 17.1 Å². The lowest BCUT2D eigenvalue weighted by Crippen LogP contribution is -2.06. The van der Waals surface area contributed by atoms with Gasteiger partial charge in [-0.3, -0.25) is 4.57 Å². The van der Waals surface area contributed by atoms with Crippen molar-refractivity contribution in [2.45, 2.75) is 24.4 Å². The van der Waals surface area contributed by atoms with Crippen LogP contribution < -0.4 is 9.47 Å². The number of nitrogens with zero attached hydrogens (tertiary/aromatic N) is 5. The molecule has 0 radical (unpaired) electrons. The van der Waals surface area contributed by atoms with Crippen LogP contribution in [0.1, 0.15) is 17.3 Å². The topological polar surface area (TPSA) is 88.1 Å². The molecule has 2 heterocycles. The zero-order valence-electron chi connectivity index (χ0n) is 19.3. The summed E-state index contributed by atoms with van der Waals surface area (Å²) in [6.07, 6.45) is 0. The largest absolute Gasteiger partial charge is 0.497 e. The minimum atomic E-state index is 0.257. The van der Waals surface area contributed by atoms with Crippen LogP contribution in [0.15, 0.2) is 88.5 Å². The van der Waals surface area contributed by atoms with Gasteiger partial charge in [-0.25, -0.2) is 0 Å². The summed E-state index contributed by atoms with van der Waals surface area (Å²) in [5.74, 6) is 3.74. The first-order valence-electron chi connectivity index (χ1n) is 11.0. The molecule has 0 bridgehead atoms. The molecule has 2 aromatic heterocycles. The lowest BCUT2D eigenvalue weighted by molar-refractivity contribution is 0.292. The molecule has 0 saturated heterocycles. The second-order valence-corrected chi connectivity index (χ2v) is 8.59. The molecule has 0 fully saturated rings. The van der Waals surface area contributed by atoms with E-state index < -0.39 is 0 Å². The Balaban J connectivity index is 1.34. The summed E-state index contributed by atoms with van der Waals surface area (Å²) in [4.78, 5) is 4.56. The van der Waals surface area contributed by atoms with Crippen molar-refractivity contribution in [3.63, 3.8) is 0 Å². The molecular weight excluding hydrogens is 462 g/mol. The fourth-order valence-corrected chi connectivity index (χ4v) is 4.32. The van der Waals surface area contributed by atoms with Crippen molar-refractivity contribution in [2.24, 2.45) is 0 Å². The van der Waals surface area contributed by atoms with Gasteiger partial charge in [0, 0.05) is 11.3 Å². The molecule has 5 aromatic rings. The molecule has 35 heavy (non-hydrogen) atoms. The van der Waals surface area contributed by atoms with Crippen LogP contribution in [0.5, 0.6) is 11.5 Å². The summed E-state index contributed by atoms with van der Waals surface area (Å²) in [5.41, 5.74) is 3.00. The lowest BCUT2D eigenvalue weighted by Gasteiger charge is -2.11. The van der Waals surface area contributed by atoms with Crippen molar-refractivity contribution in [1.82, 2.24) is 24.9 Å². The zero-order chi connectivity index (χ0) is 24.0. The number of ether oxygens (including phenoxy) is 2. The van der Waals surface area contributed by atoms with E-state index in [-0.39, 0.29) is 6.61 Å². The number of methoxy groups -OCH3 is 1. The third-order valence-electron chi connectivity index (χ3n) is 5.32. The molecule has 0 saturated carbocycles. The van der Waals surface area contributed by atoms with Crippen LogP contribution >= 0.6 is 11.8 Å². The molecule has 0 aliphatic heterocycles. The number of para-hydroxylation sites is 1. The minimum absolute atomic E-state index is 0.257. The van der Waals surface area contributed by atoms with Gasteiger partial charge >= 0.3 is 0 Å².